The summed E-state index contributed by atoms with van der Waals surface area (Å²) in [5, 5.41) is 7.28. The van der Waals surface area contributed by atoms with Crippen LogP contribution < -0.4 is 10.6 Å². The first-order valence-electron chi connectivity index (χ1n) is 8.55. The molecule has 1 aliphatic carbocycles. The second-order valence-corrected chi connectivity index (χ2v) is 7.57. The molecule has 0 bridgehead atoms. The summed E-state index contributed by atoms with van der Waals surface area (Å²) in [6.45, 7) is 1.31. The van der Waals surface area contributed by atoms with Crippen LogP contribution in [0.4, 0.5) is 4.79 Å². The van der Waals surface area contributed by atoms with E-state index in [0.29, 0.717) is 19.4 Å². The lowest BCUT2D eigenvalue weighted by molar-refractivity contribution is -0.156. The first-order valence-corrected chi connectivity index (χ1v) is 9.43. The van der Waals surface area contributed by atoms with Crippen LogP contribution in [0.25, 0.3) is 0 Å². The summed E-state index contributed by atoms with van der Waals surface area (Å²) in [4.78, 5) is 50.5. The number of hydrogen-bond donors (Lipinski definition) is 2. The van der Waals surface area contributed by atoms with Gasteiger partial charge in [-0.1, -0.05) is 18.9 Å². The normalized spacial score (nSPS) is 19.5. The fraction of sp³-hybridized carbons (Fsp3) is 0.529. The van der Waals surface area contributed by atoms with E-state index in [9.17, 15) is 19.2 Å². The van der Waals surface area contributed by atoms with Gasteiger partial charge in [-0.3, -0.25) is 19.3 Å². The van der Waals surface area contributed by atoms with Gasteiger partial charge >= 0.3 is 12.0 Å². The Morgan fingerprint density at radius 3 is 2.77 bits per heavy atom. The van der Waals surface area contributed by atoms with Crippen LogP contribution >= 0.6 is 11.3 Å². The van der Waals surface area contributed by atoms with E-state index in [2.05, 4.69) is 10.6 Å². The second kappa shape index (κ2) is 7.45. The van der Waals surface area contributed by atoms with E-state index in [0.717, 1.165) is 22.6 Å². The van der Waals surface area contributed by atoms with Gasteiger partial charge in [-0.25, -0.2) is 4.79 Å². The molecule has 1 aromatic rings. The molecule has 0 unspecified atom stereocenters. The smallest absolute Gasteiger partial charge is 0.327 e. The number of carbonyl (C=O) groups is 4. The third kappa shape index (κ3) is 3.72. The van der Waals surface area contributed by atoms with Crippen LogP contribution in [0.15, 0.2) is 17.5 Å². The van der Waals surface area contributed by atoms with Gasteiger partial charge in [0, 0.05) is 4.88 Å². The number of ether oxygens (including phenoxy) is 1. The number of urea groups is 1. The van der Waals surface area contributed by atoms with Gasteiger partial charge in [0.05, 0.1) is 6.54 Å². The Kier molecular flexibility index (Phi) is 5.26. The molecule has 1 aromatic heterocycles. The van der Waals surface area contributed by atoms with Crippen LogP contribution in [0.5, 0.6) is 0 Å². The molecule has 0 aromatic carbocycles. The lowest BCUT2D eigenvalue weighted by Gasteiger charge is -2.20. The Labute approximate surface area is 154 Å². The molecular formula is C17H21N3O5S. The van der Waals surface area contributed by atoms with E-state index in [-0.39, 0.29) is 5.91 Å². The van der Waals surface area contributed by atoms with Gasteiger partial charge in [0.1, 0.15) is 12.1 Å². The molecule has 26 heavy (non-hydrogen) atoms. The van der Waals surface area contributed by atoms with Crippen LogP contribution in [0.3, 0.4) is 0 Å². The lowest BCUT2D eigenvalue weighted by Crippen LogP contribution is -2.45. The quantitative estimate of drug-likeness (QED) is 0.570. The van der Waals surface area contributed by atoms with Crippen molar-refractivity contribution >= 4 is 35.2 Å². The van der Waals surface area contributed by atoms with E-state index in [1.807, 2.05) is 17.5 Å². The monoisotopic (exact) mass is 379 g/mol. The van der Waals surface area contributed by atoms with Crippen molar-refractivity contribution in [3.63, 3.8) is 0 Å². The molecule has 2 N–H and O–H groups in total. The first-order chi connectivity index (χ1) is 12.4. The fourth-order valence-corrected chi connectivity index (χ4v) is 3.93. The Balaban J connectivity index is 1.49. The van der Waals surface area contributed by atoms with Crippen LogP contribution in [0, 0.1) is 0 Å². The minimum Gasteiger partial charge on any atom is -0.451 e. The zero-order chi connectivity index (χ0) is 18.7. The van der Waals surface area contributed by atoms with Crippen molar-refractivity contribution in [3.05, 3.63) is 22.4 Å². The molecule has 1 spiro atoms. The average Bonchev–Trinajstić information content (AvgIpc) is 3.32. The minimum absolute atomic E-state index is 0.355. The Morgan fingerprint density at radius 1 is 1.38 bits per heavy atom. The van der Waals surface area contributed by atoms with Gasteiger partial charge in [0.2, 0.25) is 0 Å². The molecule has 140 valence electrons. The van der Waals surface area contributed by atoms with Crippen LogP contribution in [0.1, 0.15) is 37.5 Å². The van der Waals surface area contributed by atoms with Crippen molar-refractivity contribution in [1.82, 2.24) is 15.5 Å². The van der Waals surface area contributed by atoms with Crippen LogP contribution in [0.2, 0.25) is 0 Å². The molecule has 2 aliphatic rings. The maximum Gasteiger partial charge on any atom is 0.327 e. The average molecular weight is 379 g/mol. The van der Waals surface area contributed by atoms with Crippen LogP contribution in [-0.2, 0) is 25.7 Å². The standard InChI is InChI=1S/C17H21N3O5S/c1-11(14(22)18-9-12-5-4-8-26-12)25-13(21)10-20-15(23)17(19-16(20)24)6-2-3-7-17/h4-5,8,11H,2-3,6-7,9-10H2,1H3,(H,18,22)(H,19,24)/t11-/m1/s1. The van der Waals surface area contributed by atoms with Crippen molar-refractivity contribution < 1.29 is 23.9 Å². The summed E-state index contributed by atoms with van der Waals surface area (Å²) in [5.41, 5.74) is -0.860. The van der Waals surface area contributed by atoms with Crippen molar-refractivity contribution in [1.29, 1.82) is 0 Å². The molecule has 1 aliphatic heterocycles. The molecule has 0 radical (unpaired) electrons. The number of esters is 1. The first kappa shape index (κ1) is 18.4. The van der Waals surface area contributed by atoms with Gasteiger partial charge in [-0.05, 0) is 31.2 Å². The minimum atomic E-state index is -1.01. The summed E-state index contributed by atoms with van der Waals surface area (Å²) in [6.07, 6.45) is 1.90. The second-order valence-electron chi connectivity index (χ2n) is 6.54. The number of thiophene rings is 1. The summed E-state index contributed by atoms with van der Waals surface area (Å²) < 4.78 is 5.07. The summed E-state index contributed by atoms with van der Waals surface area (Å²) in [7, 11) is 0. The number of nitrogens with one attached hydrogen (secondary N) is 2. The molecule has 8 nitrogen and oxygen atoms in total. The van der Waals surface area contributed by atoms with Crippen molar-refractivity contribution in [2.24, 2.45) is 0 Å². The molecule has 9 heteroatoms. The molecule has 1 saturated carbocycles. The number of imide groups is 1. The number of rotatable bonds is 6. The Bertz CT molecular complexity index is 712. The summed E-state index contributed by atoms with van der Waals surface area (Å²) >= 11 is 1.51. The van der Waals surface area contributed by atoms with E-state index in [1.54, 1.807) is 0 Å². The third-order valence-corrected chi connectivity index (χ3v) is 5.56. The maximum absolute atomic E-state index is 12.5. The molecular weight excluding hydrogens is 358 g/mol. The van der Waals surface area contributed by atoms with Crippen molar-refractivity contribution in [3.8, 4) is 0 Å². The zero-order valence-corrected chi connectivity index (χ0v) is 15.3. The zero-order valence-electron chi connectivity index (χ0n) is 14.4. The predicted octanol–water partition coefficient (Wildman–Crippen LogP) is 1.16. The third-order valence-electron chi connectivity index (χ3n) is 4.68. The Hall–Kier alpha value is -2.42. The molecule has 4 amide bonds. The highest BCUT2D eigenvalue weighted by Gasteiger charge is 2.52. The predicted molar refractivity (Wildman–Crippen MR) is 93.2 cm³/mol. The van der Waals surface area contributed by atoms with Gasteiger partial charge in [-0.15, -0.1) is 11.3 Å². The highest BCUT2D eigenvalue weighted by Crippen LogP contribution is 2.34. The van der Waals surface area contributed by atoms with Crippen molar-refractivity contribution in [2.45, 2.75) is 50.8 Å². The van der Waals surface area contributed by atoms with Gasteiger partial charge in [0.15, 0.2) is 6.10 Å². The fourth-order valence-electron chi connectivity index (χ4n) is 3.29. The van der Waals surface area contributed by atoms with Gasteiger partial charge in [0.25, 0.3) is 11.8 Å². The molecule has 1 saturated heterocycles. The van der Waals surface area contributed by atoms with Crippen LogP contribution in [-0.4, -0.2) is 46.9 Å². The highest BCUT2D eigenvalue weighted by molar-refractivity contribution is 7.09. The molecule has 2 heterocycles. The van der Waals surface area contributed by atoms with E-state index >= 15 is 0 Å². The van der Waals surface area contributed by atoms with Gasteiger partial charge in [-0.2, -0.15) is 0 Å². The number of nitrogens with zero attached hydrogens (tertiary/aromatic N) is 1. The Morgan fingerprint density at radius 2 is 2.12 bits per heavy atom. The molecule has 3 rings (SSSR count). The largest absolute Gasteiger partial charge is 0.451 e. The lowest BCUT2D eigenvalue weighted by atomic mass is 9.98. The topological polar surface area (TPSA) is 105 Å². The van der Waals surface area contributed by atoms with Crippen molar-refractivity contribution in [2.75, 3.05) is 6.54 Å². The van der Waals surface area contributed by atoms with E-state index in [4.69, 9.17) is 4.74 Å². The number of hydrogen-bond acceptors (Lipinski definition) is 6. The number of carbonyl (C=O) groups excluding carboxylic acids is 4. The SMILES string of the molecule is C[C@@H](OC(=O)CN1C(=O)NC2(CCCC2)C1=O)C(=O)NCc1cccs1. The van der Waals surface area contributed by atoms with E-state index < -0.39 is 36.1 Å². The summed E-state index contributed by atoms with van der Waals surface area (Å²) in [6, 6.07) is 3.19. The molecule has 1 atom stereocenters. The molecule has 2 fully saturated rings. The number of amides is 4. The maximum atomic E-state index is 12.5. The van der Waals surface area contributed by atoms with E-state index in [1.165, 1.54) is 18.3 Å². The highest BCUT2D eigenvalue weighted by atomic mass is 32.1. The summed E-state index contributed by atoms with van der Waals surface area (Å²) in [5.74, 6) is -1.61. The van der Waals surface area contributed by atoms with Gasteiger partial charge < -0.3 is 15.4 Å².